The molecule has 0 amide bonds. The molecule has 0 unspecified atom stereocenters. The van der Waals surface area contributed by atoms with Gasteiger partial charge in [-0.3, -0.25) is 9.69 Å². The van der Waals surface area contributed by atoms with E-state index in [1.54, 1.807) is 0 Å². The number of likely N-dealkylation sites (N-methyl/N-ethyl adjacent to an activating group) is 1. The van der Waals surface area contributed by atoms with Crippen molar-refractivity contribution in [3.63, 3.8) is 0 Å². The number of hydrogen-bond donors (Lipinski definition) is 0. The van der Waals surface area contributed by atoms with Crippen LogP contribution in [-0.2, 0) is 13.1 Å². The third kappa shape index (κ3) is 4.26. The molecule has 0 saturated carbocycles. The molecule has 0 N–H and O–H groups in total. The summed E-state index contributed by atoms with van der Waals surface area (Å²) in [6.45, 7) is 9.57. The van der Waals surface area contributed by atoms with Crippen LogP contribution >= 0.6 is 0 Å². The van der Waals surface area contributed by atoms with Crippen molar-refractivity contribution in [3.05, 3.63) is 84.0 Å². The minimum atomic E-state index is 0.136. The maximum atomic E-state index is 12.8. The lowest BCUT2D eigenvalue weighted by Gasteiger charge is -2.14. The van der Waals surface area contributed by atoms with Crippen LogP contribution in [0, 0.1) is 13.8 Å². The molecule has 0 aliphatic rings. The summed E-state index contributed by atoms with van der Waals surface area (Å²) in [5.74, 6) is 0.136. The second-order valence-corrected chi connectivity index (χ2v) is 6.91. The molecule has 1 aromatic carbocycles. The van der Waals surface area contributed by atoms with Crippen LogP contribution in [0.3, 0.4) is 0 Å². The summed E-state index contributed by atoms with van der Waals surface area (Å²) in [7, 11) is 1.96. The Hall–Kier alpha value is -2.92. The van der Waals surface area contributed by atoms with Crippen molar-refractivity contribution in [1.29, 1.82) is 0 Å². The maximum Gasteiger partial charge on any atom is 0.178 e. The molecule has 0 saturated heterocycles. The lowest BCUT2D eigenvalue weighted by atomic mass is 10.1. The molecule has 0 radical (unpaired) electrons. The van der Waals surface area contributed by atoms with Gasteiger partial charge >= 0.3 is 0 Å². The number of aromatic nitrogens is 3. The van der Waals surface area contributed by atoms with Gasteiger partial charge in [0.25, 0.3) is 0 Å². The molecule has 5 nitrogen and oxygen atoms in total. The topological polar surface area (TPSA) is 43.1 Å². The molecule has 3 aromatic rings. The third-order valence-corrected chi connectivity index (χ3v) is 4.71. The molecule has 2 heterocycles. The van der Waals surface area contributed by atoms with E-state index in [0.29, 0.717) is 13.1 Å². The Morgan fingerprint density at radius 1 is 1.26 bits per heavy atom. The van der Waals surface area contributed by atoms with E-state index in [1.807, 2.05) is 85.3 Å². The number of rotatable bonds is 8. The molecule has 0 spiro atoms. The Bertz CT molecular complexity index is 937. The van der Waals surface area contributed by atoms with Crippen LogP contribution in [-0.4, -0.2) is 38.6 Å². The van der Waals surface area contributed by atoms with Crippen molar-refractivity contribution in [3.8, 4) is 5.69 Å². The summed E-state index contributed by atoms with van der Waals surface area (Å²) in [6.07, 6.45) is 5.71. The molecule has 0 bridgehead atoms. The summed E-state index contributed by atoms with van der Waals surface area (Å²) in [5, 5.41) is 4.42. The number of hydrogen-bond acceptors (Lipinski definition) is 3. The fourth-order valence-corrected chi connectivity index (χ4v) is 3.36. The van der Waals surface area contributed by atoms with Gasteiger partial charge in [0.2, 0.25) is 0 Å². The van der Waals surface area contributed by atoms with Crippen LogP contribution in [0.15, 0.2) is 61.4 Å². The van der Waals surface area contributed by atoms with E-state index in [9.17, 15) is 4.79 Å². The molecule has 0 fully saturated rings. The molecule has 0 aliphatic carbocycles. The Morgan fingerprint density at radius 2 is 2.00 bits per heavy atom. The summed E-state index contributed by atoms with van der Waals surface area (Å²) in [6, 6.07) is 12.0. The van der Waals surface area contributed by atoms with Crippen LogP contribution in [0.2, 0.25) is 0 Å². The van der Waals surface area contributed by atoms with Crippen LogP contribution in [0.1, 0.15) is 27.3 Å². The Balaban J connectivity index is 1.65. The van der Waals surface area contributed by atoms with Gasteiger partial charge in [0.15, 0.2) is 5.78 Å². The van der Waals surface area contributed by atoms with Gasteiger partial charge in [0, 0.05) is 41.8 Å². The van der Waals surface area contributed by atoms with Crippen LogP contribution in [0.5, 0.6) is 0 Å². The molecule has 0 aliphatic heterocycles. The molecular weight excluding hydrogens is 336 g/mol. The van der Waals surface area contributed by atoms with Crippen LogP contribution in [0.25, 0.3) is 5.69 Å². The number of Topliss-reactive ketones (excluding diaryl/α,β-unsaturated/α-hetero) is 1. The summed E-state index contributed by atoms with van der Waals surface area (Å²) < 4.78 is 3.97. The Labute approximate surface area is 160 Å². The number of benzene rings is 1. The quantitative estimate of drug-likeness (QED) is 0.452. The number of aryl methyl sites for hydroxylation is 1. The Kier molecular flexibility index (Phi) is 5.72. The maximum absolute atomic E-state index is 12.8. The van der Waals surface area contributed by atoms with E-state index in [4.69, 9.17) is 0 Å². The predicted octanol–water partition coefficient (Wildman–Crippen LogP) is 3.79. The van der Waals surface area contributed by atoms with Gasteiger partial charge in [0.1, 0.15) is 0 Å². The van der Waals surface area contributed by atoms with E-state index in [0.717, 1.165) is 34.7 Å². The van der Waals surface area contributed by atoms with Gasteiger partial charge in [0.05, 0.1) is 18.4 Å². The summed E-state index contributed by atoms with van der Waals surface area (Å²) in [5.41, 5.74) is 4.98. The predicted molar refractivity (Wildman–Crippen MR) is 108 cm³/mol. The van der Waals surface area contributed by atoms with Crippen LogP contribution in [0.4, 0.5) is 0 Å². The highest BCUT2D eigenvalue weighted by Crippen LogP contribution is 2.17. The number of ketones is 1. The first-order valence-electron chi connectivity index (χ1n) is 9.08. The molecule has 5 heteroatoms. The second-order valence-electron chi connectivity index (χ2n) is 6.91. The van der Waals surface area contributed by atoms with E-state index < -0.39 is 0 Å². The second kappa shape index (κ2) is 8.18. The first-order valence-corrected chi connectivity index (χ1v) is 9.08. The highest BCUT2D eigenvalue weighted by molar-refractivity contribution is 5.99. The van der Waals surface area contributed by atoms with Crippen molar-refractivity contribution in [1.82, 2.24) is 19.2 Å². The molecular formula is C22H26N4O. The number of carbonyl (C=O) groups is 1. The number of carbonyl (C=O) groups excluding carboxylic acids is 1. The summed E-state index contributed by atoms with van der Waals surface area (Å²) >= 11 is 0. The minimum absolute atomic E-state index is 0.136. The molecule has 0 atom stereocenters. The monoisotopic (exact) mass is 362 g/mol. The molecule has 27 heavy (non-hydrogen) atoms. The fourth-order valence-electron chi connectivity index (χ4n) is 3.36. The van der Waals surface area contributed by atoms with Gasteiger partial charge in [-0.1, -0.05) is 24.3 Å². The van der Waals surface area contributed by atoms with Gasteiger partial charge in [-0.05, 0) is 39.1 Å². The van der Waals surface area contributed by atoms with Crippen LogP contribution < -0.4 is 0 Å². The van der Waals surface area contributed by atoms with Gasteiger partial charge in [-0.2, -0.15) is 5.10 Å². The first-order chi connectivity index (χ1) is 13.0. The average Bonchev–Trinajstić information content (AvgIpc) is 3.22. The largest absolute Gasteiger partial charge is 0.345 e. The van der Waals surface area contributed by atoms with E-state index in [1.165, 1.54) is 0 Å². The lowest BCUT2D eigenvalue weighted by molar-refractivity contribution is 0.0942. The van der Waals surface area contributed by atoms with Crippen molar-refractivity contribution in [2.45, 2.75) is 26.9 Å². The van der Waals surface area contributed by atoms with E-state index in [-0.39, 0.29) is 5.78 Å². The zero-order valence-electron chi connectivity index (χ0n) is 16.2. The van der Waals surface area contributed by atoms with E-state index in [2.05, 4.69) is 16.2 Å². The number of para-hydroxylation sites is 1. The van der Waals surface area contributed by atoms with Crippen molar-refractivity contribution < 1.29 is 4.79 Å². The normalized spacial score (nSPS) is 11.1. The first kappa shape index (κ1) is 18.9. The van der Waals surface area contributed by atoms with Gasteiger partial charge in [-0.15, -0.1) is 6.58 Å². The summed E-state index contributed by atoms with van der Waals surface area (Å²) in [4.78, 5) is 14.8. The molecule has 140 valence electrons. The van der Waals surface area contributed by atoms with Crippen molar-refractivity contribution in [2.75, 3.05) is 13.6 Å². The van der Waals surface area contributed by atoms with Gasteiger partial charge < -0.3 is 4.57 Å². The fraction of sp³-hybridized carbons (Fsp3) is 0.273. The Morgan fingerprint density at radius 3 is 2.70 bits per heavy atom. The number of nitrogens with zero attached hydrogens (tertiary/aromatic N) is 4. The average molecular weight is 362 g/mol. The SMILES string of the molecule is C=CCn1c(C)cc(C(=O)CN(C)Cc2cnn(-c3ccccc3)c2)c1C. The molecule has 2 aromatic heterocycles. The minimum Gasteiger partial charge on any atom is -0.345 e. The highest BCUT2D eigenvalue weighted by Gasteiger charge is 2.17. The molecule has 3 rings (SSSR count). The highest BCUT2D eigenvalue weighted by atomic mass is 16.1. The number of allylic oxidation sites excluding steroid dienone is 1. The van der Waals surface area contributed by atoms with Gasteiger partial charge in [-0.25, -0.2) is 4.68 Å². The zero-order valence-corrected chi connectivity index (χ0v) is 16.2. The smallest absolute Gasteiger partial charge is 0.178 e. The standard InChI is InChI=1S/C22H26N4O/c1-5-11-25-17(2)12-21(18(25)3)22(27)16-24(4)14-19-13-23-26(15-19)20-9-7-6-8-10-20/h5-10,12-13,15H,1,11,14,16H2,2-4H3. The van der Waals surface area contributed by atoms with Crippen molar-refractivity contribution in [2.24, 2.45) is 0 Å². The van der Waals surface area contributed by atoms with E-state index >= 15 is 0 Å². The zero-order chi connectivity index (χ0) is 19.4. The third-order valence-electron chi connectivity index (χ3n) is 4.71. The van der Waals surface area contributed by atoms with Crippen molar-refractivity contribution >= 4 is 5.78 Å². The lowest BCUT2D eigenvalue weighted by Crippen LogP contribution is -2.25.